The Kier molecular flexibility index (Phi) is 4.53. The molecule has 19 heavy (non-hydrogen) atoms. The lowest BCUT2D eigenvalue weighted by Gasteiger charge is -2.22. The molecule has 2 N–H and O–H groups in total. The first kappa shape index (κ1) is 13.6. The molecule has 0 aliphatic carbocycles. The highest BCUT2D eigenvalue weighted by molar-refractivity contribution is 5.54. The number of nitrogens with two attached hydrogens (primary N) is 1. The SMILES string of the molecule is Cc1cc(CCN)ccc1N(C)Cc1ccncc1. The first-order valence-electron chi connectivity index (χ1n) is 6.60. The number of benzene rings is 1. The second kappa shape index (κ2) is 6.34. The van der Waals surface area contributed by atoms with E-state index in [4.69, 9.17) is 5.73 Å². The predicted octanol–water partition coefficient (Wildman–Crippen LogP) is 2.53. The van der Waals surface area contributed by atoms with Crippen LogP contribution < -0.4 is 10.6 Å². The molecule has 0 aliphatic rings. The number of pyridine rings is 1. The summed E-state index contributed by atoms with van der Waals surface area (Å²) in [5.41, 5.74) is 10.7. The van der Waals surface area contributed by atoms with Gasteiger partial charge in [0.1, 0.15) is 0 Å². The topological polar surface area (TPSA) is 42.1 Å². The van der Waals surface area contributed by atoms with E-state index in [9.17, 15) is 0 Å². The molecule has 0 unspecified atom stereocenters. The van der Waals surface area contributed by atoms with Gasteiger partial charge in [0.25, 0.3) is 0 Å². The van der Waals surface area contributed by atoms with Gasteiger partial charge in [-0.05, 0) is 54.8 Å². The van der Waals surface area contributed by atoms with E-state index in [1.54, 1.807) is 0 Å². The molecule has 0 saturated heterocycles. The van der Waals surface area contributed by atoms with Crippen LogP contribution in [0.25, 0.3) is 0 Å². The van der Waals surface area contributed by atoms with Crippen molar-refractivity contribution in [1.29, 1.82) is 0 Å². The van der Waals surface area contributed by atoms with E-state index in [-0.39, 0.29) is 0 Å². The van der Waals surface area contributed by atoms with Gasteiger partial charge in [0.05, 0.1) is 0 Å². The summed E-state index contributed by atoms with van der Waals surface area (Å²) in [5.74, 6) is 0. The number of anilines is 1. The Morgan fingerprint density at radius 1 is 1.11 bits per heavy atom. The van der Waals surface area contributed by atoms with Crippen LogP contribution in [0.15, 0.2) is 42.7 Å². The Bertz CT molecular complexity index is 523. The van der Waals surface area contributed by atoms with Gasteiger partial charge in [-0.3, -0.25) is 4.98 Å². The monoisotopic (exact) mass is 255 g/mol. The van der Waals surface area contributed by atoms with Gasteiger partial charge in [-0.1, -0.05) is 12.1 Å². The maximum Gasteiger partial charge on any atom is 0.0427 e. The highest BCUT2D eigenvalue weighted by atomic mass is 15.1. The number of hydrogen-bond acceptors (Lipinski definition) is 3. The second-order valence-electron chi connectivity index (χ2n) is 4.87. The van der Waals surface area contributed by atoms with Crippen LogP contribution >= 0.6 is 0 Å². The van der Waals surface area contributed by atoms with E-state index >= 15 is 0 Å². The average Bonchev–Trinajstić information content (AvgIpc) is 2.40. The molecule has 2 aromatic rings. The molecular weight excluding hydrogens is 234 g/mol. The summed E-state index contributed by atoms with van der Waals surface area (Å²) in [6.45, 7) is 3.74. The second-order valence-corrected chi connectivity index (χ2v) is 4.87. The number of aromatic nitrogens is 1. The van der Waals surface area contributed by atoms with Gasteiger partial charge in [0.15, 0.2) is 0 Å². The van der Waals surface area contributed by atoms with Crippen molar-refractivity contribution in [3.63, 3.8) is 0 Å². The fourth-order valence-electron chi connectivity index (χ4n) is 2.32. The van der Waals surface area contributed by atoms with Crippen molar-refractivity contribution >= 4 is 5.69 Å². The van der Waals surface area contributed by atoms with Gasteiger partial charge >= 0.3 is 0 Å². The van der Waals surface area contributed by atoms with Gasteiger partial charge in [-0.2, -0.15) is 0 Å². The third-order valence-electron chi connectivity index (χ3n) is 3.27. The van der Waals surface area contributed by atoms with Crippen molar-refractivity contribution < 1.29 is 0 Å². The molecule has 0 spiro atoms. The van der Waals surface area contributed by atoms with Crippen LogP contribution in [-0.4, -0.2) is 18.6 Å². The predicted molar refractivity (Wildman–Crippen MR) is 80.3 cm³/mol. The normalized spacial score (nSPS) is 10.5. The van der Waals surface area contributed by atoms with Gasteiger partial charge in [-0.25, -0.2) is 0 Å². The zero-order valence-corrected chi connectivity index (χ0v) is 11.6. The highest BCUT2D eigenvalue weighted by Gasteiger charge is 2.06. The largest absolute Gasteiger partial charge is 0.370 e. The number of nitrogens with zero attached hydrogens (tertiary/aromatic N) is 2. The minimum atomic E-state index is 0.700. The minimum Gasteiger partial charge on any atom is -0.370 e. The third kappa shape index (κ3) is 3.55. The molecule has 0 fully saturated rings. The van der Waals surface area contributed by atoms with E-state index in [0.717, 1.165) is 13.0 Å². The standard InChI is InChI=1S/C16H21N3/c1-13-11-14(5-8-17)3-4-16(13)19(2)12-15-6-9-18-10-7-15/h3-4,6-7,9-11H,5,8,12,17H2,1-2H3. The third-order valence-corrected chi connectivity index (χ3v) is 3.27. The van der Waals surface area contributed by atoms with Crippen LogP contribution in [0.2, 0.25) is 0 Å². The van der Waals surface area contributed by atoms with Crippen LogP contribution in [0, 0.1) is 6.92 Å². The lowest BCUT2D eigenvalue weighted by atomic mass is 10.1. The molecule has 0 atom stereocenters. The van der Waals surface area contributed by atoms with E-state index < -0.39 is 0 Å². The molecule has 1 aromatic carbocycles. The summed E-state index contributed by atoms with van der Waals surface area (Å²) < 4.78 is 0. The fourth-order valence-corrected chi connectivity index (χ4v) is 2.32. The first-order chi connectivity index (χ1) is 9.20. The van der Waals surface area contributed by atoms with Gasteiger partial charge in [0, 0.05) is 31.7 Å². The number of aryl methyl sites for hydroxylation is 1. The molecule has 3 nitrogen and oxygen atoms in total. The van der Waals surface area contributed by atoms with Crippen molar-refractivity contribution in [2.24, 2.45) is 5.73 Å². The molecule has 0 saturated carbocycles. The number of hydrogen-bond donors (Lipinski definition) is 1. The Balaban J connectivity index is 2.13. The quantitative estimate of drug-likeness (QED) is 0.892. The summed E-state index contributed by atoms with van der Waals surface area (Å²) in [7, 11) is 2.12. The summed E-state index contributed by atoms with van der Waals surface area (Å²) in [4.78, 5) is 6.31. The lowest BCUT2D eigenvalue weighted by Crippen LogP contribution is -2.17. The molecule has 0 bridgehead atoms. The Hall–Kier alpha value is -1.87. The van der Waals surface area contributed by atoms with Crippen LogP contribution in [0.3, 0.4) is 0 Å². The molecule has 0 aliphatic heterocycles. The van der Waals surface area contributed by atoms with E-state index in [2.05, 4.69) is 54.2 Å². The highest BCUT2D eigenvalue weighted by Crippen LogP contribution is 2.22. The van der Waals surface area contributed by atoms with Crippen LogP contribution in [0.5, 0.6) is 0 Å². The zero-order chi connectivity index (χ0) is 13.7. The summed E-state index contributed by atoms with van der Waals surface area (Å²) >= 11 is 0. The van der Waals surface area contributed by atoms with Gasteiger partial charge < -0.3 is 10.6 Å². The Labute approximate surface area is 115 Å². The van der Waals surface area contributed by atoms with Crippen molar-refractivity contribution in [3.05, 3.63) is 59.4 Å². The first-order valence-corrected chi connectivity index (χ1v) is 6.60. The van der Waals surface area contributed by atoms with Crippen molar-refractivity contribution in [2.75, 3.05) is 18.5 Å². The van der Waals surface area contributed by atoms with Crippen molar-refractivity contribution in [1.82, 2.24) is 4.98 Å². The van der Waals surface area contributed by atoms with Crippen molar-refractivity contribution in [3.8, 4) is 0 Å². The molecule has 100 valence electrons. The van der Waals surface area contributed by atoms with Crippen LogP contribution in [0.4, 0.5) is 5.69 Å². The summed E-state index contributed by atoms with van der Waals surface area (Å²) in [6, 6.07) is 10.7. The van der Waals surface area contributed by atoms with E-state index in [0.29, 0.717) is 6.54 Å². The van der Waals surface area contributed by atoms with Crippen molar-refractivity contribution in [2.45, 2.75) is 19.9 Å². The lowest BCUT2D eigenvalue weighted by molar-refractivity contribution is 0.909. The summed E-state index contributed by atoms with van der Waals surface area (Å²) in [5, 5.41) is 0. The summed E-state index contributed by atoms with van der Waals surface area (Å²) in [6.07, 6.45) is 4.61. The Morgan fingerprint density at radius 2 is 1.84 bits per heavy atom. The average molecular weight is 255 g/mol. The number of rotatable bonds is 5. The van der Waals surface area contributed by atoms with Crippen LogP contribution in [0.1, 0.15) is 16.7 Å². The molecule has 0 radical (unpaired) electrons. The molecule has 0 amide bonds. The smallest absolute Gasteiger partial charge is 0.0427 e. The van der Waals surface area contributed by atoms with Gasteiger partial charge in [-0.15, -0.1) is 0 Å². The molecule has 3 heteroatoms. The molecule has 1 heterocycles. The van der Waals surface area contributed by atoms with Gasteiger partial charge in [0.2, 0.25) is 0 Å². The zero-order valence-electron chi connectivity index (χ0n) is 11.6. The van der Waals surface area contributed by atoms with E-state index in [1.807, 2.05) is 12.4 Å². The van der Waals surface area contributed by atoms with E-state index in [1.165, 1.54) is 22.4 Å². The molecule has 1 aromatic heterocycles. The fraction of sp³-hybridized carbons (Fsp3) is 0.312. The molecular formula is C16H21N3. The maximum absolute atomic E-state index is 5.59. The van der Waals surface area contributed by atoms with Crippen LogP contribution in [-0.2, 0) is 13.0 Å². The minimum absolute atomic E-state index is 0.700. The molecule has 2 rings (SSSR count). The Morgan fingerprint density at radius 3 is 2.47 bits per heavy atom. The maximum atomic E-state index is 5.59.